The van der Waals surface area contributed by atoms with Crippen molar-refractivity contribution in [1.82, 2.24) is 20.4 Å². The second-order valence-electron chi connectivity index (χ2n) is 6.16. The maximum Gasteiger partial charge on any atom is 0.272 e. The van der Waals surface area contributed by atoms with E-state index in [-0.39, 0.29) is 36.1 Å². The van der Waals surface area contributed by atoms with E-state index in [1.807, 2.05) is 0 Å². The molecule has 0 atom stereocenters. The summed E-state index contributed by atoms with van der Waals surface area (Å²) in [6.45, 7) is 0.429. The van der Waals surface area contributed by atoms with E-state index in [1.165, 1.54) is 35.0 Å². The van der Waals surface area contributed by atoms with Crippen molar-refractivity contribution in [3.8, 4) is 0 Å². The molecule has 0 fully saturated rings. The summed E-state index contributed by atoms with van der Waals surface area (Å²) in [5, 5.41) is 9.43. The quantitative estimate of drug-likeness (QED) is 0.686. The molecule has 144 valence electrons. The van der Waals surface area contributed by atoms with Gasteiger partial charge in [-0.05, 0) is 35.4 Å². The van der Waals surface area contributed by atoms with Crippen LogP contribution in [-0.4, -0.2) is 21.6 Å². The highest BCUT2D eigenvalue weighted by molar-refractivity contribution is 5.97. The van der Waals surface area contributed by atoms with Crippen LogP contribution in [0.15, 0.2) is 54.6 Å². The molecule has 2 amide bonds. The zero-order valence-electron chi connectivity index (χ0n) is 15.1. The number of aromatic nitrogens is 2. The molecule has 0 spiro atoms. The molecule has 6 nitrogen and oxygen atoms in total. The number of carbonyl (C=O) groups is 2. The largest absolute Gasteiger partial charge is 0.347 e. The van der Waals surface area contributed by atoms with Crippen LogP contribution in [-0.2, 0) is 20.1 Å². The summed E-state index contributed by atoms with van der Waals surface area (Å²) in [6, 6.07) is 12.9. The number of rotatable bonds is 6. The predicted molar refractivity (Wildman–Crippen MR) is 98.3 cm³/mol. The van der Waals surface area contributed by atoms with Gasteiger partial charge in [0.2, 0.25) is 0 Å². The van der Waals surface area contributed by atoms with E-state index >= 15 is 0 Å². The maximum absolute atomic E-state index is 12.9. The zero-order chi connectivity index (χ0) is 20.1. The van der Waals surface area contributed by atoms with Gasteiger partial charge in [-0.25, -0.2) is 8.78 Å². The summed E-state index contributed by atoms with van der Waals surface area (Å²) in [5.74, 6) is -1.55. The Morgan fingerprint density at radius 2 is 1.32 bits per heavy atom. The minimum Gasteiger partial charge on any atom is -0.347 e. The van der Waals surface area contributed by atoms with Gasteiger partial charge < -0.3 is 10.6 Å². The molecule has 3 aromatic rings. The topological polar surface area (TPSA) is 76.0 Å². The van der Waals surface area contributed by atoms with Gasteiger partial charge in [-0.1, -0.05) is 24.3 Å². The van der Waals surface area contributed by atoms with E-state index in [0.29, 0.717) is 0 Å². The molecule has 3 rings (SSSR count). The number of nitrogens with one attached hydrogen (secondary N) is 2. The van der Waals surface area contributed by atoms with Gasteiger partial charge in [0, 0.05) is 26.2 Å². The van der Waals surface area contributed by atoms with E-state index in [1.54, 1.807) is 31.3 Å². The summed E-state index contributed by atoms with van der Waals surface area (Å²) in [7, 11) is 1.56. The third-order valence-corrected chi connectivity index (χ3v) is 4.08. The lowest BCUT2D eigenvalue weighted by atomic mass is 10.2. The van der Waals surface area contributed by atoms with Crippen LogP contribution in [0.25, 0.3) is 0 Å². The number of halogens is 2. The molecule has 2 aromatic carbocycles. The van der Waals surface area contributed by atoms with Crippen molar-refractivity contribution in [2.24, 2.45) is 7.05 Å². The Bertz CT molecular complexity index is 982. The van der Waals surface area contributed by atoms with Crippen LogP contribution < -0.4 is 10.6 Å². The van der Waals surface area contributed by atoms with E-state index < -0.39 is 11.8 Å². The fourth-order valence-electron chi connectivity index (χ4n) is 2.54. The molecule has 2 N–H and O–H groups in total. The lowest BCUT2D eigenvalue weighted by Gasteiger charge is -2.05. The van der Waals surface area contributed by atoms with Crippen LogP contribution in [0.5, 0.6) is 0 Å². The second-order valence-corrected chi connectivity index (χ2v) is 6.16. The first kappa shape index (κ1) is 19.2. The zero-order valence-corrected chi connectivity index (χ0v) is 15.1. The van der Waals surface area contributed by atoms with Gasteiger partial charge in [0.25, 0.3) is 11.8 Å². The molecule has 0 saturated heterocycles. The van der Waals surface area contributed by atoms with Crippen molar-refractivity contribution in [3.05, 3.63) is 88.7 Å². The van der Waals surface area contributed by atoms with Crippen molar-refractivity contribution in [2.45, 2.75) is 13.1 Å². The Hall–Kier alpha value is -3.55. The van der Waals surface area contributed by atoms with Gasteiger partial charge >= 0.3 is 0 Å². The molecule has 0 aliphatic heterocycles. The molecule has 28 heavy (non-hydrogen) atoms. The Kier molecular flexibility index (Phi) is 5.78. The maximum atomic E-state index is 12.9. The highest BCUT2D eigenvalue weighted by atomic mass is 19.1. The summed E-state index contributed by atoms with van der Waals surface area (Å²) in [5.41, 5.74) is 1.79. The molecule has 0 aliphatic rings. The van der Waals surface area contributed by atoms with E-state index in [4.69, 9.17) is 0 Å². The highest BCUT2D eigenvalue weighted by Gasteiger charge is 2.17. The summed E-state index contributed by atoms with van der Waals surface area (Å²) in [4.78, 5) is 24.6. The van der Waals surface area contributed by atoms with Crippen LogP contribution >= 0.6 is 0 Å². The predicted octanol–water partition coefficient (Wildman–Crippen LogP) is 2.56. The van der Waals surface area contributed by atoms with E-state index in [0.717, 1.165) is 11.1 Å². The van der Waals surface area contributed by atoms with Crippen molar-refractivity contribution in [1.29, 1.82) is 0 Å². The van der Waals surface area contributed by atoms with Crippen molar-refractivity contribution in [2.75, 3.05) is 0 Å². The number of hydrogen-bond donors (Lipinski definition) is 2. The summed E-state index contributed by atoms with van der Waals surface area (Å²) < 4.78 is 27.1. The lowest BCUT2D eigenvalue weighted by molar-refractivity contribution is 0.0935. The Labute approximate surface area is 160 Å². The van der Waals surface area contributed by atoms with Gasteiger partial charge in [0.1, 0.15) is 17.3 Å². The number of nitrogens with zero attached hydrogens (tertiary/aromatic N) is 2. The highest BCUT2D eigenvalue weighted by Crippen LogP contribution is 2.07. The Morgan fingerprint density at radius 1 is 0.857 bits per heavy atom. The standard InChI is InChI=1S/C20H18F2N4O2/c1-26-18(20(28)24-12-14-4-8-16(22)9-5-14)10-17(25-26)19(27)23-11-13-2-6-15(21)7-3-13/h2-10H,11-12H2,1H3,(H,23,27)(H,24,28). The number of carbonyl (C=O) groups excluding carboxylic acids is 2. The monoisotopic (exact) mass is 384 g/mol. The molecule has 8 heteroatoms. The minimum atomic E-state index is -0.447. The van der Waals surface area contributed by atoms with Gasteiger partial charge in [0.15, 0.2) is 5.69 Å². The molecule has 0 radical (unpaired) electrons. The van der Waals surface area contributed by atoms with Crippen molar-refractivity contribution < 1.29 is 18.4 Å². The van der Waals surface area contributed by atoms with Gasteiger partial charge in [0.05, 0.1) is 0 Å². The molecule has 1 aromatic heterocycles. The lowest BCUT2D eigenvalue weighted by Crippen LogP contribution is -2.25. The Morgan fingerprint density at radius 3 is 1.82 bits per heavy atom. The first-order valence-corrected chi connectivity index (χ1v) is 8.51. The molecular weight excluding hydrogens is 366 g/mol. The second kappa shape index (κ2) is 8.43. The first-order valence-electron chi connectivity index (χ1n) is 8.51. The van der Waals surface area contributed by atoms with Gasteiger partial charge in [-0.2, -0.15) is 5.10 Å². The smallest absolute Gasteiger partial charge is 0.272 e. The van der Waals surface area contributed by atoms with Gasteiger partial charge in [-0.3, -0.25) is 14.3 Å². The minimum absolute atomic E-state index is 0.0940. The van der Waals surface area contributed by atoms with Crippen LogP contribution in [0, 0.1) is 11.6 Å². The summed E-state index contributed by atoms with van der Waals surface area (Å²) >= 11 is 0. The fraction of sp³-hybridized carbons (Fsp3) is 0.150. The van der Waals surface area contributed by atoms with Gasteiger partial charge in [-0.15, -0.1) is 0 Å². The number of hydrogen-bond acceptors (Lipinski definition) is 3. The van der Waals surface area contributed by atoms with Crippen LogP contribution in [0.2, 0.25) is 0 Å². The SMILES string of the molecule is Cn1nc(C(=O)NCc2ccc(F)cc2)cc1C(=O)NCc1ccc(F)cc1. The van der Waals surface area contributed by atoms with Crippen LogP contribution in [0.3, 0.4) is 0 Å². The average Bonchev–Trinajstić information content (AvgIpc) is 3.08. The number of benzene rings is 2. The fourth-order valence-corrected chi connectivity index (χ4v) is 2.54. The van der Waals surface area contributed by atoms with Crippen molar-refractivity contribution >= 4 is 11.8 Å². The van der Waals surface area contributed by atoms with Crippen LogP contribution in [0.4, 0.5) is 8.78 Å². The molecule has 0 saturated carbocycles. The molecule has 0 unspecified atom stereocenters. The normalized spacial score (nSPS) is 10.5. The summed E-state index contributed by atoms with van der Waals surface area (Å²) in [6.07, 6.45) is 0. The van der Waals surface area contributed by atoms with E-state index in [9.17, 15) is 18.4 Å². The number of aryl methyl sites for hydroxylation is 1. The molecule has 0 bridgehead atoms. The third-order valence-electron chi connectivity index (χ3n) is 4.08. The third kappa shape index (κ3) is 4.79. The number of amides is 2. The molecular formula is C20H18F2N4O2. The van der Waals surface area contributed by atoms with Crippen molar-refractivity contribution in [3.63, 3.8) is 0 Å². The average molecular weight is 384 g/mol. The molecule has 0 aliphatic carbocycles. The Balaban J connectivity index is 1.59. The van der Waals surface area contributed by atoms with E-state index in [2.05, 4.69) is 15.7 Å². The van der Waals surface area contributed by atoms with Crippen LogP contribution in [0.1, 0.15) is 32.1 Å². The first-order chi connectivity index (χ1) is 13.4. The molecule has 1 heterocycles.